The third-order valence-electron chi connectivity index (χ3n) is 3.31. The van der Waals surface area contributed by atoms with Crippen LogP contribution in [0.2, 0.25) is 0 Å². The van der Waals surface area contributed by atoms with Gasteiger partial charge >= 0.3 is 0 Å². The van der Waals surface area contributed by atoms with Crippen LogP contribution in [0.3, 0.4) is 0 Å². The molecule has 0 bridgehead atoms. The third-order valence-corrected chi connectivity index (χ3v) is 5.30. The molecule has 9 heteroatoms. The van der Waals surface area contributed by atoms with Crippen LogP contribution in [-0.2, 0) is 11.5 Å². The molecule has 2 aromatic rings. The SMILES string of the molecule is O=[N+]([O-])C=C(NCCSCc1ccccn1)NCCSCc1ccccn1. The second kappa shape index (κ2) is 13.0. The van der Waals surface area contributed by atoms with E-state index in [4.69, 9.17) is 0 Å². The Morgan fingerprint density at radius 2 is 1.48 bits per heavy atom. The van der Waals surface area contributed by atoms with Gasteiger partial charge in [-0.05, 0) is 24.3 Å². The quantitative estimate of drug-likeness (QED) is 0.298. The van der Waals surface area contributed by atoms with E-state index in [0.29, 0.717) is 18.9 Å². The number of nitrogens with one attached hydrogen (secondary N) is 2. The minimum absolute atomic E-state index is 0.442. The van der Waals surface area contributed by atoms with Crippen LogP contribution >= 0.6 is 23.5 Å². The molecular formula is C18H23N5O2S2. The van der Waals surface area contributed by atoms with Crippen LogP contribution in [0, 0.1) is 10.1 Å². The van der Waals surface area contributed by atoms with Crippen molar-refractivity contribution in [2.75, 3.05) is 24.6 Å². The molecule has 2 rings (SSSR count). The fourth-order valence-electron chi connectivity index (χ4n) is 2.10. The first kappa shape index (κ1) is 21.0. The van der Waals surface area contributed by atoms with Crippen LogP contribution in [0.1, 0.15) is 11.4 Å². The zero-order chi connectivity index (χ0) is 19.2. The summed E-state index contributed by atoms with van der Waals surface area (Å²) in [4.78, 5) is 18.9. The average Bonchev–Trinajstić information content (AvgIpc) is 2.68. The molecule has 0 radical (unpaired) electrons. The van der Waals surface area contributed by atoms with Gasteiger partial charge in [0.25, 0.3) is 6.20 Å². The van der Waals surface area contributed by atoms with E-state index >= 15 is 0 Å². The topological polar surface area (TPSA) is 93.0 Å². The van der Waals surface area contributed by atoms with E-state index in [1.165, 1.54) is 0 Å². The molecule has 0 atom stereocenters. The molecule has 0 unspecified atom stereocenters. The minimum Gasteiger partial charge on any atom is -0.366 e. The first-order valence-corrected chi connectivity index (χ1v) is 10.8. The largest absolute Gasteiger partial charge is 0.366 e. The molecule has 2 N–H and O–H groups in total. The monoisotopic (exact) mass is 405 g/mol. The summed E-state index contributed by atoms with van der Waals surface area (Å²) in [7, 11) is 0. The first-order chi connectivity index (χ1) is 13.2. The van der Waals surface area contributed by atoms with Crippen molar-refractivity contribution >= 4 is 23.5 Å². The van der Waals surface area contributed by atoms with Crippen molar-refractivity contribution in [1.29, 1.82) is 0 Å². The number of nitrogens with zero attached hydrogens (tertiary/aromatic N) is 3. The van der Waals surface area contributed by atoms with E-state index in [-0.39, 0.29) is 0 Å². The molecular weight excluding hydrogens is 382 g/mol. The molecule has 0 aliphatic rings. The highest BCUT2D eigenvalue weighted by Gasteiger charge is 2.03. The second-order valence-corrected chi connectivity index (χ2v) is 7.64. The molecule has 0 saturated heterocycles. The molecule has 0 aromatic carbocycles. The predicted molar refractivity (Wildman–Crippen MR) is 112 cm³/mol. The summed E-state index contributed by atoms with van der Waals surface area (Å²) in [5, 5.41) is 17.0. The normalized spacial score (nSPS) is 10.2. The van der Waals surface area contributed by atoms with E-state index in [2.05, 4.69) is 20.6 Å². The number of rotatable bonds is 13. The lowest BCUT2D eigenvalue weighted by molar-refractivity contribution is -0.404. The fraction of sp³-hybridized carbons (Fsp3) is 0.333. The van der Waals surface area contributed by atoms with Gasteiger partial charge < -0.3 is 10.6 Å². The Balaban J connectivity index is 1.60. The Morgan fingerprint density at radius 1 is 0.963 bits per heavy atom. The van der Waals surface area contributed by atoms with Gasteiger partial charge in [-0.3, -0.25) is 20.1 Å². The lowest BCUT2D eigenvalue weighted by atomic mass is 10.4. The summed E-state index contributed by atoms with van der Waals surface area (Å²) in [6, 6.07) is 11.7. The summed E-state index contributed by atoms with van der Waals surface area (Å²) in [6.07, 6.45) is 4.54. The molecule has 2 heterocycles. The summed E-state index contributed by atoms with van der Waals surface area (Å²) in [5.74, 6) is 3.77. The van der Waals surface area contributed by atoms with Crippen molar-refractivity contribution in [3.8, 4) is 0 Å². The number of aromatic nitrogens is 2. The molecule has 0 spiro atoms. The Labute approximate surface area is 167 Å². The molecule has 0 amide bonds. The molecule has 27 heavy (non-hydrogen) atoms. The number of thioether (sulfide) groups is 2. The number of hydrogen-bond acceptors (Lipinski definition) is 8. The van der Waals surface area contributed by atoms with Gasteiger partial charge in [0.1, 0.15) is 0 Å². The highest BCUT2D eigenvalue weighted by Crippen LogP contribution is 2.09. The van der Waals surface area contributed by atoms with E-state index in [0.717, 1.165) is 40.6 Å². The zero-order valence-corrected chi connectivity index (χ0v) is 16.5. The summed E-state index contributed by atoms with van der Waals surface area (Å²) >= 11 is 3.47. The number of pyridine rings is 2. The molecule has 144 valence electrons. The standard InChI is InChI=1S/C18H23N5O2S2/c24-23(25)13-18(21-9-11-26-14-16-5-1-3-7-19-16)22-10-12-27-15-17-6-2-4-8-20-17/h1-8,13,21-22H,9-12,14-15H2. The Morgan fingerprint density at radius 3 is 1.89 bits per heavy atom. The predicted octanol–water partition coefficient (Wildman–Crippen LogP) is 2.90. The maximum absolute atomic E-state index is 10.8. The average molecular weight is 406 g/mol. The van der Waals surface area contributed by atoms with Crippen molar-refractivity contribution < 1.29 is 4.92 Å². The number of nitro groups is 1. The second-order valence-electron chi connectivity index (χ2n) is 5.43. The summed E-state index contributed by atoms with van der Waals surface area (Å²) in [6.45, 7) is 1.29. The van der Waals surface area contributed by atoms with Gasteiger partial charge in [0.05, 0.1) is 16.3 Å². The Kier molecular flexibility index (Phi) is 10.1. The van der Waals surface area contributed by atoms with Crippen molar-refractivity contribution in [3.05, 3.63) is 82.3 Å². The molecule has 0 aliphatic heterocycles. The molecule has 2 aromatic heterocycles. The van der Waals surface area contributed by atoms with Crippen LogP contribution < -0.4 is 10.6 Å². The lowest BCUT2D eigenvalue weighted by Gasteiger charge is -2.11. The van der Waals surface area contributed by atoms with Gasteiger partial charge in [-0.2, -0.15) is 23.5 Å². The minimum atomic E-state index is -0.447. The molecule has 0 saturated carbocycles. The molecule has 0 aliphatic carbocycles. The van der Waals surface area contributed by atoms with Crippen molar-refractivity contribution in [3.63, 3.8) is 0 Å². The fourth-order valence-corrected chi connectivity index (χ4v) is 3.64. The smallest absolute Gasteiger partial charge is 0.274 e. The number of hydrogen-bond donors (Lipinski definition) is 2. The van der Waals surface area contributed by atoms with Crippen LogP contribution in [0.5, 0.6) is 0 Å². The van der Waals surface area contributed by atoms with Crippen LogP contribution in [0.15, 0.2) is 60.8 Å². The van der Waals surface area contributed by atoms with Crippen LogP contribution in [-0.4, -0.2) is 39.5 Å². The van der Waals surface area contributed by atoms with Crippen molar-refractivity contribution in [2.45, 2.75) is 11.5 Å². The maximum Gasteiger partial charge on any atom is 0.274 e. The van der Waals surface area contributed by atoms with Gasteiger partial charge in [0.2, 0.25) is 0 Å². The van der Waals surface area contributed by atoms with Crippen molar-refractivity contribution in [2.24, 2.45) is 0 Å². The van der Waals surface area contributed by atoms with Gasteiger partial charge in [-0.25, -0.2) is 0 Å². The lowest BCUT2D eigenvalue weighted by Crippen LogP contribution is -2.30. The molecule has 0 fully saturated rings. The third kappa shape index (κ3) is 9.86. The van der Waals surface area contributed by atoms with Gasteiger partial charge in [0, 0.05) is 48.5 Å². The van der Waals surface area contributed by atoms with Gasteiger partial charge in [0.15, 0.2) is 5.82 Å². The zero-order valence-electron chi connectivity index (χ0n) is 14.9. The molecule has 7 nitrogen and oxygen atoms in total. The highest BCUT2D eigenvalue weighted by atomic mass is 32.2. The Bertz CT molecular complexity index is 650. The van der Waals surface area contributed by atoms with Gasteiger partial charge in [-0.1, -0.05) is 12.1 Å². The van der Waals surface area contributed by atoms with Crippen LogP contribution in [0.4, 0.5) is 0 Å². The summed E-state index contributed by atoms with van der Waals surface area (Å²) < 4.78 is 0. The van der Waals surface area contributed by atoms with Crippen LogP contribution in [0.25, 0.3) is 0 Å². The van der Waals surface area contributed by atoms with Crippen molar-refractivity contribution in [1.82, 2.24) is 20.6 Å². The van der Waals surface area contributed by atoms with E-state index < -0.39 is 4.92 Å². The van der Waals surface area contributed by atoms with Gasteiger partial charge in [-0.15, -0.1) is 0 Å². The van der Waals surface area contributed by atoms with E-state index in [1.807, 2.05) is 36.4 Å². The van der Waals surface area contributed by atoms with E-state index in [1.54, 1.807) is 35.9 Å². The first-order valence-electron chi connectivity index (χ1n) is 8.52. The Hall–Kier alpha value is -2.26. The van der Waals surface area contributed by atoms with E-state index in [9.17, 15) is 10.1 Å². The highest BCUT2D eigenvalue weighted by molar-refractivity contribution is 7.98. The summed E-state index contributed by atoms with van der Waals surface area (Å²) in [5.41, 5.74) is 2.07. The maximum atomic E-state index is 10.8.